The lowest BCUT2D eigenvalue weighted by Gasteiger charge is -2.21. The molecule has 2 rings (SSSR count). The Morgan fingerprint density at radius 2 is 1.80 bits per heavy atom. The van der Waals surface area contributed by atoms with Crippen molar-refractivity contribution in [1.82, 2.24) is 9.55 Å². The highest BCUT2D eigenvalue weighted by Gasteiger charge is 2.23. The number of anilines is 2. The molecule has 30 heavy (non-hydrogen) atoms. The highest BCUT2D eigenvalue weighted by molar-refractivity contribution is 6.01. The van der Waals surface area contributed by atoms with E-state index in [2.05, 4.69) is 15.6 Å². The molecule has 0 spiro atoms. The smallest absolute Gasteiger partial charge is 0.343 e. The van der Waals surface area contributed by atoms with Gasteiger partial charge in [0.2, 0.25) is 0 Å². The molecular formula is C21H32N4O5. The van der Waals surface area contributed by atoms with Crippen molar-refractivity contribution in [3.05, 3.63) is 28.2 Å². The minimum Gasteiger partial charge on any atom is -0.462 e. The number of pyridine rings is 2. The maximum absolute atomic E-state index is 12.9. The topological polar surface area (TPSA) is 112 Å². The molecule has 2 aromatic rings. The molecule has 0 aliphatic rings. The van der Waals surface area contributed by atoms with Gasteiger partial charge >= 0.3 is 11.9 Å². The number of carbonyl (C=O) groups is 2. The predicted molar refractivity (Wildman–Crippen MR) is 118 cm³/mol. The minimum atomic E-state index is -0.760. The number of hydrogen-bond acceptors (Lipinski definition) is 8. The molecule has 0 amide bonds. The SMILES string of the molecule is CC.CCOC(=O)c1cc2c(NC)c(NC)cnc2n(CC(=O)OC(C)(C)C)c1=O. The Hall–Kier alpha value is -3.10. The first-order valence-electron chi connectivity index (χ1n) is 9.94. The third-order valence-electron chi connectivity index (χ3n) is 3.84. The molecule has 0 bridgehead atoms. The summed E-state index contributed by atoms with van der Waals surface area (Å²) in [6.45, 7) is 10.6. The van der Waals surface area contributed by atoms with Crippen LogP contribution in [0.3, 0.4) is 0 Å². The van der Waals surface area contributed by atoms with Gasteiger partial charge in [0.1, 0.15) is 23.4 Å². The quantitative estimate of drug-likeness (QED) is 0.686. The van der Waals surface area contributed by atoms with Gasteiger partial charge in [-0.25, -0.2) is 9.78 Å². The summed E-state index contributed by atoms with van der Waals surface area (Å²) in [5.41, 5.74) is 0.0153. The van der Waals surface area contributed by atoms with E-state index in [1.54, 1.807) is 48.0 Å². The molecule has 0 aliphatic carbocycles. The van der Waals surface area contributed by atoms with Gasteiger partial charge in [-0.1, -0.05) is 13.8 Å². The normalized spacial score (nSPS) is 10.7. The third kappa shape index (κ3) is 5.71. The molecule has 0 saturated heterocycles. The fourth-order valence-corrected chi connectivity index (χ4v) is 2.78. The monoisotopic (exact) mass is 420 g/mol. The summed E-state index contributed by atoms with van der Waals surface area (Å²) in [5, 5.41) is 6.54. The van der Waals surface area contributed by atoms with Crippen LogP contribution >= 0.6 is 0 Å². The lowest BCUT2D eigenvalue weighted by Crippen LogP contribution is -2.33. The number of nitrogens with one attached hydrogen (secondary N) is 2. The fraction of sp³-hybridized carbons (Fsp3) is 0.524. The standard InChI is InChI=1S/C19H26N4O5.C2H6/c1-7-27-18(26)12-8-11-15(21-6)13(20-5)9-22-16(11)23(17(12)25)10-14(24)28-19(2,3)4;1-2/h8-9,20H,7,10H2,1-6H3,(H,21,22);1-2H3. The molecular weight excluding hydrogens is 388 g/mol. The number of aromatic nitrogens is 2. The van der Waals surface area contributed by atoms with E-state index in [1.165, 1.54) is 6.07 Å². The molecule has 0 atom stereocenters. The van der Waals surface area contributed by atoms with Crippen LogP contribution in [0.5, 0.6) is 0 Å². The van der Waals surface area contributed by atoms with Gasteiger partial charge in [-0.3, -0.25) is 14.2 Å². The second kappa shape index (κ2) is 10.6. The van der Waals surface area contributed by atoms with Gasteiger partial charge in [-0.15, -0.1) is 0 Å². The number of ether oxygens (including phenoxy) is 2. The van der Waals surface area contributed by atoms with Crippen molar-refractivity contribution in [2.24, 2.45) is 0 Å². The van der Waals surface area contributed by atoms with Crippen LogP contribution in [0.1, 0.15) is 51.9 Å². The number of fused-ring (bicyclic) bond motifs is 1. The summed E-state index contributed by atoms with van der Waals surface area (Å²) in [6.07, 6.45) is 1.54. The Morgan fingerprint density at radius 1 is 1.17 bits per heavy atom. The zero-order valence-corrected chi connectivity index (χ0v) is 19.0. The lowest BCUT2D eigenvalue weighted by molar-refractivity contribution is -0.155. The molecule has 0 aromatic carbocycles. The largest absolute Gasteiger partial charge is 0.462 e. The van der Waals surface area contributed by atoms with Crippen molar-refractivity contribution in [2.75, 3.05) is 31.3 Å². The number of nitrogens with zero attached hydrogens (tertiary/aromatic N) is 2. The Bertz CT molecular complexity index is 960. The van der Waals surface area contributed by atoms with E-state index in [9.17, 15) is 14.4 Å². The minimum absolute atomic E-state index is 0.121. The molecule has 0 unspecified atom stereocenters. The second-order valence-electron chi connectivity index (χ2n) is 7.04. The van der Waals surface area contributed by atoms with Gasteiger partial charge < -0.3 is 20.1 Å². The molecule has 9 heteroatoms. The average Bonchev–Trinajstić information content (AvgIpc) is 2.69. The summed E-state index contributed by atoms with van der Waals surface area (Å²) >= 11 is 0. The van der Waals surface area contributed by atoms with Crippen LogP contribution in [0, 0.1) is 0 Å². The van der Waals surface area contributed by atoms with Crippen LogP contribution in [-0.2, 0) is 20.8 Å². The van der Waals surface area contributed by atoms with Crippen LogP contribution in [0.15, 0.2) is 17.1 Å². The maximum Gasteiger partial charge on any atom is 0.343 e. The van der Waals surface area contributed by atoms with Gasteiger partial charge in [0.05, 0.1) is 24.2 Å². The Balaban J connectivity index is 0.00000218. The maximum atomic E-state index is 12.9. The molecule has 2 heterocycles. The summed E-state index contributed by atoms with van der Waals surface area (Å²) < 4.78 is 11.5. The highest BCUT2D eigenvalue weighted by Crippen LogP contribution is 2.29. The molecule has 0 aliphatic heterocycles. The zero-order valence-electron chi connectivity index (χ0n) is 19.0. The van der Waals surface area contributed by atoms with E-state index in [-0.39, 0.29) is 24.4 Å². The molecule has 2 N–H and O–H groups in total. The van der Waals surface area contributed by atoms with Crippen molar-refractivity contribution in [3.63, 3.8) is 0 Å². The Labute approximate surface area is 176 Å². The number of esters is 2. The molecule has 0 fully saturated rings. The van der Waals surface area contributed by atoms with Crippen molar-refractivity contribution in [1.29, 1.82) is 0 Å². The van der Waals surface area contributed by atoms with Gasteiger partial charge in [-0.2, -0.15) is 0 Å². The van der Waals surface area contributed by atoms with E-state index < -0.39 is 23.1 Å². The van der Waals surface area contributed by atoms with E-state index in [0.29, 0.717) is 16.8 Å². The van der Waals surface area contributed by atoms with E-state index >= 15 is 0 Å². The summed E-state index contributed by atoms with van der Waals surface area (Å²) in [5.74, 6) is -1.37. The fourth-order valence-electron chi connectivity index (χ4n) is 2.78. The zero-order chi connectivity index (χ0) is 23.1. The number of hydrogen-bond donors (Lipinski definition) is 2. The van der Waals surface area contributed by atoms with Crippen LogP contribution in [0.25, 0.3) is 11.0 Å². The van der Waals surface area contributed by atoms with E-state index in [1.807, 2.05) is 13.8 Å². The molecule has 0 radical (unpaired) electrons. The first-order chi connectivity index (χ1) is 14.1. The summed E-state index contributed by atoms with van der Waals surface area (Å²) in [4.78, 5) is 41.9. The van der Waals surface area contributed by atoms with Gasteiger partial charge in [0.15, 0.2) is 0 Å². The summed E-state index contributed by atoms with van der Waals surface area (Å²) in [6, 6.07) is 1.43. The van der Waals surface area contributed by atoms with Crippen molar-refractivity contribution >= 4 is 34.3 Å². The van der Waals surface area contributed by atoms with Crippen molar-refractivity contribution in [3.8, 4) is 0 Å². The van der Waals surface area contributed by atoms with Crippen LogP contribution in [0.4, 0.5) is 11.4 Å². The van der Waals surface area contributed by atoms with Crippen LogP contribution < -0.4 is 16.2 Å². The summed E-state index contributed by atoms with van der Waals surface area (Å²) in [7, 11) is 3.44. The second-order valence-corrected chi connectivity index (χ2v) is 7.04. The highest BCUT2D eigenvalue weighted by atomic mass is 16.6. The number of carbonyl (C=O) groups excluding carboxylic acids is 2. The Kier molecular flexibility index (Phi) is 8.82. The Morgan fingerprint density at radius 3 is 2.30 bits per heavy atom. The average molecular weight is 421 g/mol. The molecule has 2 aromatic heterocycles. The lowest BCUT2D eigenvalue weighted by atomic mass is 10.1. The van der Waals surface area contributed by atoms with Gasteiger partial charge in [-0.05, 0) is 33.8 Å². The third-order valence-corrected chi connectivity index (χ3v) is 3.84. The van der Waals surface area contributed by atoms with Crippen molar-refractivity contribution < 1.29 is 19.1 Å². The first kappa shape index (κ1) is 24.9. The molecule has 9 nitrogen and oxygen atoms in total. The van der Waals surface area contributed by atoms with Crippen molar-refractivity contribution in [2.45, 2.75) is 53.7 Å². The van der Waals surface area contributed by atoms with Gasteiger partial charge in [0, 0.05) is 19.5 Å². The first-order valence-corrected chi connectivity index (χ1v) is 9.94. The van der Waals surface area contributed by atoms with Gasteiger partial charge in [0.25, 0.3) is 5.56 Å². The number of rotatable bonds is 6. The molecule has 0 saturated carbocycles. The van der Waals surface area contributed by atoms with Crippen LogP contribution in [-0.4, -0.2) is 47.8 Å². The predicted octanol–water partition coefficient (Wildman–Crippen LogP) is 3.02. The van der Waals surface area contributed by atoms with Crippen LogP contribution in [0.2, 0.25) is 0 Å². The van der Waals surface area contributed by atoms with E-state index in [4.69, 9.17) is 9.47 Å². The van der Waals surface area contributed by atoms with E-state index in [0.717, 1.165) is 4.57 Å². The molecule has 166 valence electrons.